The molecule has 0 heterocycles. The van der Waals surface area contributed by atoms with Crippen molar-refractivity contribution in [1.82, 2.24) is 14.9 Å². The lowest BCUT2D eigenvalue weighted by Gasteiger charge is -2.22. The number of esters is 1. The van der Waals surface area contributed by atoms with Gasteiger partial charge in [0.15, 0.2) is 6.61 Å². The van der Waals surface area contributed by atoms with Crippen LogP contribution < -0.4 is 10.6 Å². The summed E-state index contributed by atoms with van der Waals surface area (Å²) in [4.78, 5) is 35.9. The van der Waals surface area contributed by atoms with Gasteiger partial charge in [0.1, 0.15) is 4.90 Å². The molecule has 31 heavy (non-hydrogen) atoms. The number of hydrogen-bond donors (Lipinski definition) is 2. The molecule has 0 saturated heterocycles. The van der Waals surface area contributed by atoms with Crippen LogP contribution in [0.3, 0.4) is 0 Å². The van der Waals surface area contributed by atoms with E-state index in [-0.39, 0.29) is 34.6 Å². The quantitative estimate of drug-likeness (QED) is 0.560. The topological polar surface area (TPSA) is 122 Å². The first-order valence-corrected chi connectivity index (χ1v) is 12.1. The highest BCUT2D eigenvalue weighted by atomic mass is 35.5. The molecule has 1 aromatic carbocycles. The number of hydrogen-bond acceptors (Lipinski definition) is 6. The third-order valence-corrected chi connectivity index (χ3v) is 7.55. The minimum atomic E-state index is -3.89. The molecule has 0 bridgehead atoms. The molecule has 1 aliphatic carbocycles. The average molecular weight is 474 g/mol. The van der Waals surface area contributed by atoms with Crippen molar-refractivity contribution >= 4 is 39.5 Å². The van der Waals surface area contributed by atoms with Gasteiger partial charge in [-0.1, -0.05) is 44.7 Å². The average Bonchev–Trinajstić information content (AvgIpc) is 2.73. The van der Waals surface area contributed by atoms with Gasteiger partial charge in [0.25, 0.3) is 5.91 Å². The van der Waals surface area contributed by atoms with Gasteiger partial charge < -0.3 is 10.1 Å². The fraction of sp³-hybridized carbons (Fsp3) is 0.550. The summed E-state index contributed by atoms with van der Waals surface area (Å²) in [5.74, 6) is -1.69. The number of nitrogens with zero attached hydrogens (tertiary/aromatic N) is 1. The zero-order valence-corrected chi connectivity index (χ0v) is 19.2. The van der Waals surface area contributed by atoms with Crippen LogP contribution in [0.5, 0.6) is 0 Å². The summed E-state index contributed by atoms with van der Waals surface area (Å²) >= 11 is 6.04. The Labute approximate surface area is 187 Å². The minimum Gasteiger partial charge on any atom is -0.452 e. The summed E-state index contributed by atoms with van der Waals surface area (Å²) < 4.78 is 31.6. The Kier molecular flexibility index (Phi) is 9.27. The molecule has 0 atom stereocenters. The third-order valence-electron chi connectivity index (χ3n) is 5.02. The second kappa shape index (κ2) is 11.4. The molecule has 172 valence electrons. The minimum absolute atomic E-state index is 0.0272. The molecule has 1 aromatic rings. The molecule has 3 amide bonds. The summed E-state index contributed by atoms with van der Waals surface area (Å²) in [6, 6.07) is 3.11. The molecular formula is C20H28ClN3O6S. The lowest BCUT2D eigenvalue weighted by Crippen LogP contribution is -2.46. The van der Waals surface area contributed by atoms with Gasteiger partial charge in [-0.2, -0.15) is 4.31 Å². The van der Waals surface area contributed by atoms with E-state index in [0.29, 0.717) is 0 Å². The number of urea groups is 1. The first kappa shape index (κ1) is 25.1. The van der Waals surface area contributed by atoms with Crippen LogP contribution in [0.15, 0.2) is 23.1 Å². The Hall–Kier alpha value is -2.17. The smallest absolute Gasteiger partial charge is 0.338 e. The summed E-state index contributed by atoms with van der Waals surface area (Å²) in [7, 11) is -3.89. The molecule has 2 N–H and O–H groups in total. The van der Waals surface area contributed by atoms with E-state index >= 15 is 0 Å². The van der Waals surface area contributed by atoms with Gasteiger partial charge in [0.2, 0.25) is 10.0 Å². The van der Waals surface area contributed by atoms with Gasteiger partial charge in [0, 0.05) is 19.1 Å². The van der Waals surface area contributed by atoms with Crippen LogP contribution >= 0.6 is 11.6 Å². The molecule has 9 nitrogen and oxygen atoms in total. The van der Waals surface area contributed by atoms with Crippen molar-refractivity contribution in [2.24, 2.45) is 0 Å². The summed E-state index contributed by atoms with van der Waals surface area (Å²) in [5.41, 5.74) is -0.0745. The highest BCUT2D eigenvalue weighted by Gasteiger charge is 2.26. The van der Waals surface area contributed by atoms with E-state index in [1.54, 1.807) is 13.8 Å². The van der Waals surface area contributed by atoms with E-state index in [9.17, 15) is 22.8 Å². The van der Waals surface area contributed by atoms with Crippen molar-refractivity contribution in [2.45, 2.75) is 56.9 Å². The van der Waals surface area contributed by atoms with Crippen LogP contribution in [0.4, 0.5) is 4.79 Å². The van der Waals surface area contributed by atoms with E-state index in [1.807, 2.05) is 0 Å². The van der Waals surface area contributed by atoms with Crippen LogP contribution in [0.2, 0.25) is 5.02 Å². The third kappa shape index (κ3) is 6.91. The van der Waals surface area contributed by atoms with E-state index in [4.69, 9.17) is 16.3 Å². The maximum atomic E-state index is 12.7. The number of carbonyl (C=O) groups is 3. The van der Waals surface area contributed by atoms with Gasteiger partial charge in [0.05, 0.1) is 10.6 Å². The fourth-order valence-electron chi connectivity index (χ4n) is 3.38. The first-order valence-electron chi connectivity index (χ1n) is 10.3. The lowest BCUT2D eigenvalue weighted by atomic mass is 9.96. The molecule has 1 aliphatic rings. The molecule has 1 fully saturated rings. The van der Waals surface area contributed by atoms with Crippen LogP contribution in [0.1, 0.15) is 56.3 Å². The highest BCUT2D eigenvalue weighted by Crippen LogP contribution is 2.26. The van der Waals surface area contributed by atoms with Gasteiger partial charge in [-0.3, -0.25) is 10.1 Å². The number of rotatable bonds is 8. The molecule has 0 spiro atoms. The molecule has 0 radical (unpaired) electrons. The summed E-state index contributed by atoms with van der Waals surface area (Å²) in [6.07, 6.45) is 4.93. The van der Waals surface area contributed by atoms with Crippen molar-refractivity contribution in [3.63, 3.8) is 0 Å². The second-order valence-electron chi connectivity index (χ2n) is 7.17. The molecule has 0 aliphatic heterocycles. The number of imide groups is 1. The summed E-state index contributed by atoms with van der Waals surface area (Å²) in [6.45, 7) is 3.18. The van der Waals surface area contributed by atoms with E-state index in [0.717, 1.165) is 38.2 Å². The second-order valence-corrected chi connectivity index (χ2v) is 9.48. The van der Waals surface area contributed by atoms with Gasteiger partial charge in [-0.05, 0) is 31.0 Å². The number of ether oxygens (including phenoxy) is 1. The normalized spacial score (nSPS) is 14.8. The fourth-order valence-corrected chi connectivity index (χ4v) is 5.33. The Balaban J connectivity index is 1.96. The monoisotopic (exact) mass is 473 g/mol. The Bertz CT molecular complexity index is 911. The maximum absolute atomic E-state index is 12.7. The van der Waals surface area contributed by atoms with Crippen molar-refractivity contribution in [2.75, 3.05) is 19.7 Å². The van der Waals surface area contributed by atoms with E-state index < -0.39 is 34.5 Å². The predicted octanol–water partition coefficient (Wildman–Crippen LogP) is 2.69. The van der Waals surface area contributed by atoms with Gasteiger partial charge in [-0.25, -0.2) is 18.0 Å². The Morgan fingerprint density at radius 2 is 1.77 bits per heavy atom. The van der Waals surface area contributed by atoms with E-state index in [2.05, 4.69) is 10.6 Å². The number of halogens is 1. The zero-order valence-electron chi connectivity index (χ0n) is 17.6. The molecule has 0 unspecified atom stereocenters. The molecular weight excluding hydrogens is 446 g/mol. The van der Waals surface area contributed by atoms with Gasteiger partial charge >= 0.3 is 12.0 Å². The Morgan fingerprint density at radius 3 is 2.39 bits per heavy atom. The van der Waals surface area contributed by atoms with Crippen LogP contribution in [-0.4, -0.2) is 56.4 Å². The first-order chi connectivity index (χ1) is 14.7. The van der Waals surface area contributed by atoms with Crippen LogP contribution in [0, 0.1) is 0 Å². The number of nitrogens with one attached hydrogen (secondary N) is 2. The zero-order chi connectivity index (χ0) is 23.0. The molecule has 0 aromatic heterocycles. The largest absolute Gasteiger partial charge is 0.452 e. The predicted molar refractivity (Wildman–Crippen MR) is 115 cm³/mol. The maximum Gasteiger partial charge on any atom is 0.338 e. The van der Waals surface area contributed by atoms with Gasteiger partial charge in [-0.15, -0.1) is 0 Å². The van der Waals surface area contributed by atoms with E-state index in [1.165, 1.54) is 16.4 Å². The Morgan fingerprint density at radius 1 is 1.13 bits per heavy atom. The summed E-state index contributed by atoms with van der Waals surface area (Å²) in [5, 5.41) is 4.82. The number of benzene rings is 1. The highest BCUT2D eigenvalue weighted by molar-refractivity contribution is 7.89. The standard InChI is InChI=1S/C20H28ClN3O6S/c1-3-24(4-2)31(28,29)17-12-14(10-11-16(17)21)19(26)30-13-18(25)23-20(27)22-15-8-6-5-7-9-15/h10-12,15H,3-9,13H2,1-2H3,(H2,22,23,25,27). The molecule has 2 rings (SSSR count). The lowest BCUT2D eigenvalue weighted by molar-refractivity contribution is -0.123. The SMILES string of the molecule is CCN(CC)S(=O)(=O)c1cc(C(=O)OCC(=O)NC(=O)NC2CCCCC2)ccc1Cl. The van der Waals surface area contributed by atoms with Crippen LogP contribution in [-0.2, 0) is 19.6 Å². The van der Waals surface area contributed by atoms with Crippen LogP contribution in [0.25, 0.3) is 0 Å². The van der Waals surface area contributed by atoms with Crippen molar-refractivity contribution < 1.29 is 27.5 Å². The number of carbonyl (C=O) groups excluding carboxylic acids is 3. The molecule has 1 saturated carbocycles. The van der Waals surface area contributed by atoms with Crippen molar-refractivity contribution in [3.8, 4) is 0 Å². The van der Waals surface area contributed by atoms with Crippen molar-refractivity contribution in [1.29, 1.82) is 0 Å². The molecule has 11 heteroatoms. The van der Waals surface area contributed by atoms with Crippen molar-refractivity contribution in [3.05, 3.63) is 28.8 Å². The number of sulfonamides is 1. The number of amides is 3.